The second kappa shape index (κ2) is 8.40. The maximum absolute atomic E-state index is 12.3. The number of nitrogens with zero attached hydrogens (tertiary/aromatic N) is 2. The summed E-state index contributed by atoms with van der Waals surface area (Å²) >= 11 is 1.77. The number of benzene rings is 1. The van der Waals surface area contributed by atoms with Crippen LogP contribution in [-0.4, -0.2) is 28.1 Å². The van der Waals surface area contributed by atoms with E-state index in [-0.39, 0.29) is 24.3 Å². The van der Waals surface area contributed by atoms with Crippen LogP contribution in [0.15, 0.2) is 30.3 Å². The molecule has 26 heavy (non-hydrogen) atoms. The Morgan fingerprint density at radius 1 is 1.23 bits per heavy atom. The van der Waals surface area contributed by atoms with Gasteiger partial charge < -0.3 is 10.6 Å². The van der Waals surface area contributed by atoms with Crippen molar-refractivity contribution in [1.29, 1.82) is 0 Å². The van der Waals surface area contributed by atoms with Crippen LogP contribution in [0.25, 0.3) is 0 Å². The normalized spacial score (nSPS) is 12.9. The molecule has 0 fully saturated rings. The van der Waals surface area contributed by atoms with Crippen LogP contribution < -0.4 is 10.6 Å². The maximum atomic E-state index is 12.3. The van der Waals surface area contributed by atoms with E-state index < -0.39 is 0 Å². The Hall–Kier alpha value is -2.28. The molecule has 0 aliphatic carbocycles. The zero-order chi connectivity index (χ0) is 18.5. The maximum Gasteiger partial charge on any atom is 0.241 e. The monoisotopic (exact) mass is 372 g/mol. The molecule has 7 heteroatoms. The Morgan fingerprint density at radius 3 is 2.73 bits per heavy atom. The molecule has 2 amide bonds. The van der Waals surface area contributed by atoms with Gasteiger partial charge in [0.1, 0.15) is 12.4 Å². The topological polar surface area (TPSA) is 76.0 Å². The molecule has 0 spiro atoms. The highest BCUT2D eigenvalue weighted by molar-refractivity contribution is 7.98. The molecule has 1 aromatic heterocycles. The lowest BCUT2D eigenvalue weighted by atomic mass is 10.1. The Bertz CT molecular complexity index is 786. The standard InChI is InChI=1S/C19H24N4O2S/c1-13(2)19(25)21-18-15-11-26-12-16(15)22-23(18)10-17(24)20-9-8-14-6-4-3-5-7-14/h3-7,13H,8-12H2,1-2H3,(H,20,24)(H,21,25). The van der Waals surface area contributed by atoms with E-state index in [9.17, 15) is 9.59 Å². The van der Waals surface area contributed by atoms with E-state index in [1.807, 2.05) is 44.2 Å². The van der Waals surface area contributed by atoms with Crippen molar-refractivity contribution in [3.05, 3.63) is 47.2 Å². The molecule has 0 radical (unpaired) electrons. The van der Waals surface area contributed by atoms with Crippen molar-refractivity contribution in [3.8, 4) is 0 Å². The summed E-state index contributed by atoms with van der Waals surface area (Å²) in [6.07, 6.45) is 0.787. The summed E-state index contributed by atoms with van der Waals surface area (Å²) in [5, 5.41) is 10.4. The fraction of sp³-hybridized carbons (Fsp3) is 0.421. The second-order valence-corrected chi connectivity index (χ2v) is 7.64. The molecule has 2 N–H and O–H groups in total. The highest BCUT2D eigenvalue weighted by Gasteiger charge is 2.25. The van der Waals surface area contributed by atoms with E-state index in [2.05, 4.69) is 15.7 Å². The van der Waals surface area contributed by atoms with Gasteiger partial charge in [-0.2, -0.15) is 16.9 Å². The third-order valence-corrected chi connectivity index (χ3v) is 5.23. The molecular weight excluding hydrogens is 348 g/mol. The lowest BCUT2D eigenvalue weighted by Gasteiger charge is -2.12. The van der Waals surface area contributed by atoms with Gasteiger partial charge in [0.25, 0.3) is 0 Å². The summed E-state index contributed by atoms with van der Waals surface area (Å²) in [4.78, 5) is 24.4. The number of anilines is 1. The first-order valence-electron chi connectivity index (χ1n) is 8.82. The minimum absolute atomic E-state index is 0.0599. The van der Waals surface area contributed by atoms with Crippen molar-refractivity contribution < 1.29 is 9.59 Å². The van der Waals surface area contributed by atoms with Crippen LogP contribution >= 0.6 is 11.8 Å². The molecule has 0 unspecified atom stereocenters. The average molecular weight is 372 g/mol. The van der Waals surface area contributed by atoms with Gasteiger partial charge in [0.2, 0.25) is 11.8 Å². The quantitative estimate of drug-likeness (QED) is 0.783. The Kier molecular flexibility index (Phi) is 5.98. The predicted octanol–water partition coefficient (Wildman–Crippen LogP) is 2.58. The van der Waals surface area contributed by atoms with Crippen LogP contribution in [0.1, 0.15) is 30.7 Å². The number of fused-ring (bicyclic) bond motifs is 1. The smallest absolute Gasteiger partial charge is 0.241 e. The van der Waals surface area contributed by atoms with Gasteiger partial charge in [0, 0.05) is 29.5 Å². The number of carbonyl (C=O) groups is 2. The molecule has 1 aliphatic rings. The number of rotatable bonds is 7. The SMILES string of the molecule is CC(C)C(=O)Nc1c2c(nn1CC(=O)NCCc1ccccc1)CSC2. The number of hydrogen-bond acceptors (Lipinski definition) is 4. The molecule has 3 rings (SSSR count). The average Bonchev–Trinajstić information content (AvgIpc) is 3.18. The minimum Gasteiger partial charge on any atom is -0.354 e. The van der Waals surface area contributed by atoms with Crippen molar-refractivity contribution in [2.24, 2.45) is 5.92 Å². The van der Waals surface area contributed by atoms with Crippen molar-refractivity contribution in [2.75, 3.05) is 11.9 Å². The Labute approximate surface area is 157 Å². The van der Waals surface area contributed by atoms with Crippen LogP contribution in [0.2, 0.25) is 0 Å². The minimum atomic E-state index is -0.122. The summed E-state index contributed by atoms with van der Waals surface area (Å²) in [7, 11) is 0. The zero-order valence-electron chi connectivity index (χ0n) is 15.1. The fourth-order valence-electron chi connectivity index (χ4n) is 2.76. The lowest BCUT2D eigenvalue weighted by molar-refractivity contribution is -0.122. The van der Waals surface area contributed by atoms with Gasteiger partial charge in [-0.15, -0.1) is 0 Å². The van der Waals surface area contributed by atoms with Crippen molar-refractivity contribution in [2.45, 2.75) is 38.3 Å². The van der Waals surface area contributed by atoms with Gasteiger partial charge >= 0.3 is 0 Å². The number of amides is 2. The van der Waals surface area contributed by atoms with Crippen LogP contribution in [-0.2, 0) is 34.1 Å². The first-order valence-corrected chi connectivity index (χ1v) is 9.98. The Morgan fingerprint density at radius 2 is 2.00 bits per heavy atom. The van der Waals surface area contributed by atoms with Crippen LogP contribution in [0, 0.1) is 5.92 Å². The van der Waals surface area contributed by atoms with Gasteiger partial charge in [-0.05, 0) is 12.0 Å². The Balaban J connectivity index is 1.61. The number of thioether (sulfide) groups is 1. The van der Waals surface area contributed by atoms with Crippen molar-refractivity contribution in [3.63, 3.8) is 0 Å². The van der Waals surface area contributed by atoms with E-state index in [0.717, 1.165) is 29.2 Å². The van der Waals surface area contributed by atoms with Gasteiger partial charge in [0.15, 0.2) is 0 Å². The van der Waals surface area contributed by atoms with E-state index in [1.165, 1.54) is 5.56 Å². The molecular formula is C19H24N4O2S. The molecule has 0 bridgehead atoms. The largest absolute Gasteiger partial charge is 0.354 e. The number of hydrogen-bond donors (Lipinski definition) is 2. The van der Waals surface area contributed by atoms with Gasteiger partial charge in [-0.3, -0.25) is 9.59 Å². The zero-order valence-corrected chi connectivity index (χ0v) is 15.9. The van der Waals surface area contributed by atoms with Crippen LogP contribution in [0.4, 0.5) is 5.82 Å². The lowest BCUT2D eigenvalue weighted by Crippen LogP contribution is -2.31. The molecule has 0 atom stereocenters. The summed E-state index contributed by atoms with van der Waals surface area (Å²) in [6.45, 7) is 4.39. The summed E-state index contributed by atoms with van der Waals surface area (Å²) in [5.41, 5.74) is 3.19. The van der Waals surface area contributed by atoms with Gasteiger partial charge in [0.05, 0.1) is 5.69 Å². The van der Waals surface area contributed by atoms with E-state index >= 15 is 0 Å². The molecule has 6 nitrogen and oxygen atoms in total. The first kappa shape index (κ1) is 18.5. The van der Waals surface area contributed by atoms with Gasteiger partial charge in [-0.1, -0.05) is 44.2 Å². The van der Waals surface area contributed by atoms with Crippen LogP contribution in [0.5, 0.6) is 0 Å². The fourth-order valence-corrected chi connectivity index (χ4v) is 3.80. The number of aromatic nitrogens is 2. The molecule has 2 heterocycles. The molecule has 0 saturated heterocycles. The number of nitrogens with one attached hydrogen (secondary N) is 2. The van der Waals surface area contributed by atoms with E-state index in [1.54, 1.807) is 16.4 Å². The molecule has 1 aliphatic heterocycles. The second-order valence-electron chi connectivity index (χ2n) is 6.65. The van der Waals surface area contributed by atoms with E-state index in [0.29, 0.717) is 12.4 Å². The molecule has 0 saturated carbocycles. The molecule has 2 aromatic rings. The highest BCUT2D eigenvalue weighted by atomic mass is 32.2. The highest BCUT2D eigenvalue weighted by Crippen LogP contribution is 2.34. The predicted molar refractivity (Wildman–Crippen MR) is 104 cm³/mol. The summed E-state index contributed by atoms with van der Waals surface area (Å²) in [5.74, 6) is 2.02. The summed E-state index contributed by atoms with van der Waals surface area (Å²) < 4.78 is 1.63. The van der Waals surface area contributed by atoms with Crippen molar-refractivity contribution >= 4 is 29.4 Å². The van der Waals surface area contributed by atoms with Crippen LogP contribution in [0.3, 0.4) is 0 Å². The third kappa shape index (κ3) is 4.46. The molecule has 1 aromatic carbocycles. The van der Waals surface area contributed by atoms with Crippen molar-refractivity contribution in [1.82, 2.24) is 15.1 Å². The first-order chi connectivity index (χ1) is 12.5. The van der Waals surface area contributed by atoms with Gasteiger partial charge in [-0.25, -0.2) is 4.68 Å². The molecule has 138 valence electrons. The van der Waals surface area contributed by atoms with E-state index in [4.69, 9.17) is 0 Å². The summed E-state index contributed by atoms with van der Waals surface area (Å²) in [6, 6.07) is 10.0. The third-order valence-electron chi connectivity index (χ3n) is 4.26. The number of carbonyl (C=O) groups excluding carboxylic acids is 2.